The van der Waals surface area contributed by atoms with Crippen LogP contribution in [0.5, 0.6) is 0 Å². The first kappa shape index (κ1) is 14.0. The quantitative estimate of drug-likeness (QED) is 0.857. The van der Waals surface area contributed by atoms with E-state index in [9.17, 15) is 5.11 Å². The molecule has 2 N–H and O–H groups in total. The van der Waals surface area contributed by atoms with Gasteiger partial charge in [-0.1, -0.05) is 0 Å². The third kappa shape index (κ3) is 4.44. The number of hydrogen-bond acceptors (Lipinski definition) is 2. The Bertz CT molecular complexity index is 349. The summed E-state index contributed by atoms with van der Waals surface area (Å²) in [6, 6.07) is 4.13. The summed E-state index contributed by atoms with van der Waals surface area (Å²) in [5.74, 6) is 0. The van der Waals surface area contributed by atoms with Crippen LogP contribution >= 0.6 is 31.9 Å². The standard InChI is InChI=1S/C12H17Br2NO/c1-8-6-9(13)11(10(14)7-8)15-5-4-12(2,3)16/h6-7,15-16H,4-5H2,1-3H3. The Morgan fingerprint density at radius 2 is 1.75 bits per heavy atom. The molecule has 0 radical (unpaired) electrons. The van der Waals surface area contributed by atoms with Gasteiger partial charge >= 0.3 is 0 Å². The number of hydrogen-bond donors (Lipinski definition) is 2. The number of benzene rings is 1. The van der Waals surface area contributed by atoms with E-state index in [0.717, 1.165) is 21.2 Å². The van der Waals surface area contributed by atoms with E-state index < -0.39 is 5.60 Å². The van der Waals surface area contributed by atoms with Gasteiger partial charge in [-0.2, -0.15) is 0 Å². The Balaban J connectivity index is 2.68. The van der Waals surface area contributed by atoms with E-state index in [1.807, 2.05) is 13.8 Å². The molecule has 1 rings (SSSR count). The fourth-order valence-electron chi connectivity index (χ4n) is 1.36. The minimum atomic E-state index is -0.628. The van der Waals surface area contributed by atoms with Crippen molar-refractivity contribution in [3.8, 4) is 0 Å². The summed E-state index contributed by atoms with van der Waals surface area (Å²) < 4.78 is 2.07. The predicted molar refractivity (Wildman–Crippen MR) is 76.0 cm³/mol. The van der Waals surface area contributed by atoms with Crippen LogP contribution in [0.4, 0.5) is 5.69 Å². The topological polar surface area (TPSA) is 32.3 Å². The molecule has 0 aromatic heterocycles. The Kier molecular flexibility index (Phi) is 4.83. The van der Waals surface area contributed by atoms with Gasteiger partial charge in [-0.15, -0.1) is 0 Å². The van der Waals surface area contributed by atoms with E-state index in [-0.39, 0.29) is 0 Å². The molecular weight excluding hydrogens is 334 g/mol. The summed E-state index contributed by atoms with van der Waals surface area (Å²) in [6.07, 6.45) is 0.708. The highest BCUT2D eigenvalue weighted by atomic mass is 79.9. The number of rotatable bonds is 4. The molecule has 0 fully saturated rings. The number of nitrogens with one attached hydrogen (secondary N) is 1. The summed E-state index contributed by atoms with van der Waals surface area (Å²) in [5, 5.41) is 12.9. The normalized spacial score (nSPS) is 11.6. The lowest BCUT2D eigenvalue weighted by Crippen LogP contribution is -2.22. The molecular formula is C12H17Br2NO. The second kappa shape index (κ2) is 5.52. The fraction of sp³-hybridized carbons (Fsp3) is 0.500. The number of halogens is 2. The second-order valence-corrected chi connectivity index (χ2v) is 6.30. The lowest BCUT2D eigenvalue weighted by atomic mass is 10.1. The van der Waals surface area contributed by atoms with Crippen molar-refractivity contribution >= 4 is 37.5 Å². The van der Waals surface area contributed by atoms with E-state index in [1.165, 1.54) is 5.56 Å². The molecule has 0 aliphatic rings. The lowest BCUT2D eigenvalue weighted by Gasteiger charge is -2.18. The van der Waals surface area contributed by atoms with E-state index in [1.54, 1.807) is 0 Å². The molecule has 0 amide bonds. The van der Waals surface area contributed by atoms with Crippen LogP contribution in [0, 0.1) is 6.92 Å². The van der Waals surface area contributed by atoms with Gasteiger partial charge in [0, 0.05) is 15.5 Å². The lowest BCUT2D eigenvalue weighted by molar-refractivity contribution is 0.0749. The molecule has 90 valence electrons. The van der Waals surface area contributed by atoms with Crippen LogP contribution in [0.25, 0.3) is 0 Å². The summed E-state index contributed by atoms with van der Waals surface area (Å²) in [7, 11) is 0. The summed E-state index contributed by atoms with van der Waals surface area (Å²) in [4.78, 5) is 0. The van der Waals surface area contributed by atoms with Crippen molar-refractivity contribution in [1.29, 1.82) is 0 Å². The van der Waals surface area contributed by atoms with E-state index in [0.29, 0.717) is 6.42 Å². The van der Waals surface area contributed by atoms with Gasteiger partial charge in [0.25, 0.3) is 0 Å². The van der Waals surface area contributed by atoms with Gasteiger partial charge < -0.3 is 10.4 Å². The number of aryl methyl sites for hydroxylation is 1. The highest BCUT2D eigenvalue weighted by molar-refractivity contribution is 9.11. The molecule has 0 aliphatic carbocycles. The molecule has 0 unspecified atom stereocenters. The Morgan fingerprint density at radius 1 is 1.25 bits per heavy atom. The average Bonchev–Trinajstić information content (AvgIpc) is 2.07. The molecule has 0 bridgehead atoms. The predicted octanol–water partition coefficient (Wildman–Crippen LogP) is 4.09. The molecule has 0 heterocycles. The minimum absolute atomic E-state index is 0.628. The first-order valence-electron chi connectivity index (χ1n) is 5.21. The van der Waals surface area contributed by atoms with Crippen LogP contribution in [-0.2, 0) is 0 Å². The van der Waals surface area contributed by atoms with Crippen LogP contribution in [-0.4, -0.2) is 17.3 Å². The molecule has 0 aliphatic heterocycles. The monoisotopic (exact) mass is 349 g/mol. The summed E-state index contributed by atoms with van der Waals surface area (Å²) >= 11 is 7.05. The van der Waals surface area contributed by atoms with Crippen molar-refractivity contribution in [2.45, 2.75) is 32.8 Å². The van der Waals surface area contributed by atoms with Crippen LogP contribution in [0.15, 0.2) is 21.1 Å². The Labute approximate surface area is 114 Å². The Morgan fingerprint density at radius 3 is 2.19 bits per heavy atom. The molecule has 0 saturated carbocycles. The molecule has 1 aromatic carbocycles. The van der Waals surface area contributed by atoms with Crippen LogP contribution in [0.3, 0.4) is 0 Å². The van der Waals surface area contributed by atoms with Crippen LogP contribution in [0.1, 0.15) is 25.8 Å². The fourth-order valence-corrected chi connectivity index (χ4v) is 3.06. The van der Waals surface area contributed by atoms with Gasteiger partial charge in [0.1, 0.15) is 0 Å². The van der Waals surface area contributed by atoms with Crippen molar-refractivity contribution < 1.29 is 5.11 Å². The van der Waals surface area contributed by atoms with Crippen LogP contribution < -0.4 is 5.32 Å². The zero-order valence-corrected chi connectivity index (χ0v) is 12.9. The van der Waals surface area contributed by atoms with Crippen molar-refractivity contribution in [3.63, 3.8) is 0 Å². The molecule has 16 heavy (non-hydrogen) atoms. The molecule has 1 aromatic rings. The summed E-state index contributed by atoms with van der Waals surface area (Å²) in [5.41, 5.74) is 1.61. The second-order valence-electron chi connectivity index (χ2n) is 4.59. The third-order valence-corrected chi connectivity index (χ3v) is 3.48. The van der Waals surface area contributed by atoms with E-state index >= 15 is 0 Å². The van der Waals surface area contributed by atoms with Crippen LogP contribution in [0.2, 0.25) is 0 Å². The smallest absolute Gasteiger partial charge is 0.0629 e. The molecule has 0 atom stereocenters. The maximum Gasteiger partial charge on any atom is 0.0629 e. The Hall–Kier alpha value is -0.0600. The molecule has 0 spiro atoms. The number of anilines is 1. The zero-order chi connectivity index (χ0) is 12.3. The largest absolute Gasteiger partial charge is 0.390 e. The van der Waals surface area contributed by atoms with Gasteiger partial charge in [-0.3, -0.25) is 0 Å². The molecule has 2 nitrogen and oxygen atoms in total. The van der Waals surface area contributed by atoms with Crippen molar-refractivity contribution in [2.75, 3.05) is 11.9 Å². The van der Waals surface area contributed by atoms with E-state index in [4.69, 9.17) is 0 Å². The average molecular weight is 351 g/mol. The SMILES string of the molecule is Cc1cc(Br)c(NCCC(C)(C)O)c(Br)c1. The maximum absolute atomic E-state index is 9.61. The van der Waals surface area contributed by atoms with Crippen molar-refractivity contribution in [2.24, 2.45) is 0 Å². The van der Waals surface area contributed by atoms with Crippen molar-refractivity contribution in [1.82, 2.24) is 0 Å². The first-order chi connectivity index (χ1) is 7.29. The third-order valence-electron chi connectivity index (χ3n) is 2.23. The molecule has 0 saturated heterocycles. The van der Waals surface area contributed by atoms with Gasteiger partial charge in [0.15, 0.2) is 0 Å². The highest BCUT2D eigenvalue weighted by Gasteiger charge is 2.12. The number of aliphatic hydroxyl groups is 1. The zero-order valence-electron chi connectivity index (χ0n) is 9.77. The maximum atomic E-state index is 9.61. The van der Waals surface area contributed by atoms with Gasteiger partial charge in [-0.25, -0.2) is 0 Å². The summed E-state index contributed by atoms with van der Waals surface area (Å²) in [6.45, 7) is 6.42. The van der Waals surface area contributed by atoms with Gasteiger partial charge in [-0.05, 0) is 76.7 Å². The molecule has 4 heteroatoms. The first-order valence-corrected chi connectivity index (χ1v) is 6.80. The minimum Gasteiger partial charge on any atom is -0.390 e. The van der Waals surface area contributed by atoms with Crippen molar-refractivity contribution in [3.05, 3.63) is 26.6 Å². The highest BCUT2D eigenvalue weighted by Crippen LogP contribution is 2.32. The van der Waals surface area contributed by atoms with Gasteiger partial charge in [0.2, 0.25) is 0 Å². The van der Waals surface area contributed by atoms with E-state index in [2.05, 4.69) is 56.2 Å². The van der Waals surface area contributed by atoms with Gasteiger partial charge in [0.05, 0.1) is 11.3 Å².